The maximum Gasteiger partial charge on any atom is 0.0717 e. The number of rotatable bonds is 5. The molecule has 1 heteroatoms. The summed E-state index contributed by atoms with van der Waals surface area (Å²) in [6.45, 7) is 11.7. The third kappa shape index (κ3) is 3.88. The minimum atomic E-state index is 0.0643. The van der Waals surface area contributed by atoms with Crippen LogP contribution in [0.25, 0.3) is 0 Å². The fourth-order valence-corrected chi connectivity index (χ4v) is 1.12. The van der Waals surface area contributed by atoms with Gasteiger partial charge in [0, 0.05) is 5.41 Å². The standard InChI is InChI=1S/C14H20O/c1-12(2)14(3,4)11-15-10-13-8-6-5-7-9-13/h5-9H,1,10-11H2,2-4H3. The van der Waals surface area contributed by atoms with Gasteiger partial charge in [-0.05, 0) is 12.5 Å². The number of hydrogen-bond acceptors (Lipinski definition) is 1. The smallest absolute Gasteiger partial charge is 0.0717 e. The second-order valence-electron chi connectivity index (χ2n) is 4.64. The summed E-state index contributed by atoms with van der Waals surface area (Å²) in [4.78, 5) is 0. The van der Waals surface area contributed by atoms with Crippen molar-refractivity contribution in [3.8, 4) is 0 Å². The first-order valence-corrected chi connectivity index (χ1v) is 5.30. The first-order chi connectivity index (χ1) is 7.02. The van der Waals surface area contributed by atoms with E-state index in [0.717, 1.165) is 12.2 Å². The van der Waals surface area contributed by atoms with Gasteiger partial charge in [0.15, 0.2) is 0 Å². The van der Waals surface area contributed by atoms with Crippen molar-refractivity contribution in [3.63, 3.8) is 0 Å². The van der Waals surface area contributed by atoms with Crippen molar-refractivity contribution < 1.29 is 4.74 Å². The summed E-state index contributed by atoms with van der Waals surface area (Å²) < 4.78 is 5.68. The van der Waals surface area contributed by atoms with E-state index in [1.807, 2.05) is 25.1 Å². The lowest BCUT2D eigenvalue weighted by atomic mass is 9.87. The van der Waals surface area contributed by atoms with Gasteiger partial charge in [-0.2, -0.15) is 0 Å². The van der Waals surface area contributed by atoms with Crippen molar-refractivity contribution in [3.05, 3.63) is 48.0 Å². The summed E-state index contributed by atoms with van der Waals surface area (Å²) in [5, 5.41) is 0. The summed E-state index contributed by atoms with van der Waals surface area (Å²) in [6.07, 6.45) is 0. The van der Waals surface area contributed by atoms with Crippen molar-refractivity contribution >= 4 is 0 Å². The largest absolute Gasteiger partial charge is 0.376 e. The monoisotopic (exact) mass is 204 g/mol. The maximum absolute atomic E-state index is 5.68. The van der Waals surface area contributed by atoms with Crippen molar-refractivity contribution in [2.24, 2.45) is 5.41 Å². The summed E-state index contributed by atoms with van der Waals surface area (Å²) >= 11 is 0. The fraction of sp³-hybridized carbons (Fsp3) is 0.429. The van der Waals surface area contributed by atoms with E-state index in [1.54, 1.807) is 0 Å². The molecule has 1 nitrogen and oxygen atoms in total. The topological polar surface area (TPSA) is 9.23 Å². The summed E-state index contributed by atoms with van der Waals surface area (Å²) in [7, 11) is 0. The zero-order valence-corrected chi connectivity index (χ0v) is 9.92. The molecule has 0 N–H and O–H groups in total. The van der Waals surface area contributed by atoms with Crippen LogP contribution in [0.4, 0.5) is 0 Å². The highest BCUT2D eigenvalue weighted by Gasteiger charge is 2.18. The Morgan fingerprint density at radius 1 is 1.27 bits per heavy atom. The van der Waals surface area contributed by atoms with E-state index in [4.69, 9.17) is 4.74 Å². The van der Waals surface area contributed by atoms with Gasteiger partial charge < -0.3 is 4.74 Å². The lowest BCUT2D eigenvalue weighted by Crippen LogP contribution is -2.20. The van der Waals surface area contributed by atoms with Gasteiger partial charge in [-0.3, -0.25) is 0 Å². The molecule has 0 saturated carbocycles. The van der Waals surface area contributed by atoms with Crippen molar-refractivity contribution in [1.29, 1.82) is 0 Å². The van der Waals surface area contributed by atoms with Gasteiger partial charge in [0.05, 0.1) is 13.2 Å². The minimum Gasteiger partial charge on any atom is -0.376 e. The molecule has 15 heavy (non-hydrogen) atoms. The molecule has 0 radical (unpaired) electrons. The first kappa shape index (κ1) is 12.0. The molecule has 0 aliphatic carbocycles. The Kier molecular flexibility index (Phi) is 4.10. The van der Waals surface area contributed by atoms with Crippen molar-refractivity contribution in [2.45, 2.75) is 27.4 Å². The van der Waals surface area contributed by atoms with E-state index in [0.29, 0.717) is 6.61 Å². The lowest BCUT2D eigenvalue weighted by molar-refractivity contribution is 0.0673. The maximum atomic E-state index is 5.68. The predicted molar refractivity (Wildman–Crippen MR) is 64.7 cm³/mol. The molecule has 0 aliphatic rings. The molecular weight excluding hydrogens is 184 g/mol. The van der Waals surface area contributed by atoms with Gasteiger partial charge in [-0.1, -0.05) is 56.3 Å². The highest BCUT2D eigenvalue weighted by atomic mass is 16.5. The Morgan fingerprint density at radius 2 is 1.87 bits per heavy atom. The Labute approximate surface area is 92.8 Å². The molecule has 1 rings (SSSR count). The van der Waals surface area contributed by atoms with E-state index < -0.39 is 0 Å². The van der Waals surface area contributed by atoms with Crippen molar-refractivity contribution in [2.75, 3.05) is 6.61 Å². The summed E-state index contributed by atoms with van der Waals surface area (Å²) in [5.74, 6) is 0. The SMILES string of the molecule is C=C(C)C(C)(C)COCc1ccccc1. The quantitative estimate of drug-likeness (QED) is 0.663. The molecular formula is C14H20O. The highest BCUT2D eigenvalue weighted by Crippen LogP contribution is 2.24. The van der Waals surface area contributed by atoms with Crippen LogP contribution in [0, 0.1) is 5.41 Å². The van der Waals surface area contributed by atoms with Gasteiger partial charge in [0.1, 0.15) is 0 Å². The molecule has 82 valence electrons. The average molecular weight is 204 g/mol. The molecule has 0 saturated heterocycles. The molecule has 0 fully saturated rings. The predicted octanol–water partition coefficient (Wildman–Crippen LogP) is 3.81. The van der Waals surface area contributed by atoms with E-state index in [-0.39, 0.29) is 5.41 Å². The van der Waals surface area contributed by atoms with E-state index in [2.05, 4.69) is 32.6 Å². The van der Waals surface area contributed by atoms with Crippen LogP contribution in [0.15, 0.2) is 42.5 Å². The molecule has 1 aromatic carbocycles. The van der Waals surface area contributed by atoms with Crippen LogP contribution in [-0.4, -0.2) is 6.61 Å². The van der Waals surface area contributed by atoms with Gasteiger partial charge in [-0.15, -0.1) is 0 Å². The van der Waals surface area contributed by atoms with E-state index >= 15 is 0 Å². The number of hydrogen-bond donors (Lipinski definition) is 0. The van der Waals surface area contributed by atoms with Crippen LogP contribution in [-0.2, 0) is 11.3 Å². The molecule has 0 heterocycles. The van der Waals surface area contributed by atoms with Gasteiger partial charge >= 0.3 is 0 Å². The Balaban J connectivity index is 2.37. The van der Waals surface area contributed by atoms with Crippen LogP contribution >= 0.6 is 0 Å². The highest BCUT2D eigenvalue weighted by molar-refractivity contribution is 5.13. The normalized spacial score (nSPS) is 11.4. The van der Waals surface area contributed by atoms with E-state index in [9.17, 15) is 0 Å². The van der Waals surface area contributed by atoms with Gasteiger partial charge in [-0.25, -0.2) is 0 Å². The average Bonchev–Trinajstić information content (AvgIpc) is 2.19. The lowest BCUT2D eigenvalue weighted by Gasteiger charge is -2.24. The molecule has 0 atom stereocenters. The zero-order valence-electron chi connectivity index (χ0n) is 9.92. The molecule has 0 aromatic heterocycles. The Hall–Kier alpha value is -1.08. The molecule has 0 bridgehead atoms. The third-order valence-electron chi connectivity index (χ3n) is 2.73. The third-order valence-corrected chi connectivity index (χ3v) is 2.73. The Morgan fingerprint density at radius 3 is 2.40 bits per heavy atom. The number of benzene rings is 1. The van der Waals surface area contributed by atoms with Crippen LogP contribution in [0.2, 0.25) is 0 Å². The van der Waals surface area contributed by atoms with Crippen LogP contribution in [0.1, 0.15) is 26.3 Å². The summed E-state index contributed by atoms with van der Waals surface area (Å²) in [5.41, 5.74) is 2.44. The number of ether oxygens (including phenoxy) is 1. The first-order valence-electron chi connectivity index (χ1n) is 5.30. The molecule has 0 spiro atoms. The van der Waals surface area contributed by atoms with Crippen LogP contribution < -0.4 is 0 Å². The fourth-order valence-electron chi connectivity index (χ4n) is 1.12. The van der Waals surface area contributed by atoms with Crippen molar-refractivity contribution in [1.82, 2.24) is 0 Å². The Bertz CT molecular complexity index is 311. The second kappa shape index (κ2) is 5.13. The molecule has 0 amide bonds. The second-order valence-corrected chi connectivity index (χ2v) is 4.64. The zero-order chi connectivity index (χ0) is 11.3. The van der Waals surface area contributed by atoms with E-state index in [1.165, 1.54) is 5.56 Å². The molecule has 0 unspecified atom stereocenters. The summed E-state index contributed by atoms with van der Waals surface area (Å²) in [6, 6.07) is 10.2. The molecule has 0 aliphatic heterocycles. The van der Waals surface area contributed by atoms with Crippen LogP contribution in [0.5, 0.6) is 0 Å². The molecule has 1 aromatic rings. The van der Waals surface area contributed by atoms with Crippen LogP contribution in [0.3, 0.4) is 0 Å². The van der Waals surface area contributed by atoms with Gasteiger partial charge in [0.25, 0.3) is 0 Å². The van der Waals surface area contributed by atoms with Gasteiger partial charge in [0.2, 0.25) is 0 Å². The minimum absolute atomic E-state index is 0.0643.